The number of aryl methyl sites for hydroxylation is 1. The molecule has 0 aliphatic heterocycles. The molecule has 7 heteroatoms. The number of nitrogens with zero attached hydrogens (tertiary/aromatic N) is 2. The van der Waals surface area contributed by atoms with Gasteiger partial charge in [0.25, 0.3) is 0 Å². The van der Waals surface area contributed by atoms with Gasteiger partial charge in [0.15, 0.2) is 5.78 Å². The second-order valence-corrected chi connectivity index (χ2v) is 3.11. The summed E-state index contributed by atoms with van der Waals surface area (Å²) in [5.74, 6) is -2.91. The van der Waals surface area contributed by atoms with Gasteiger partial charge in [0.2, 0.25) is 5.78 Å². The zero-order valence-corrected chi connectivity index (χ0v) is 8.41. The van der Waals surface area contributed by atoms with Crippen LogP contribution in [0.4, 0.5) is 13.2 Å². The van der Waals surface area contributed by atoms with Crippen LogP contribution in [0.2, 0.25) is 0 Å². The molecule has 1 aromatic heterocycles. The summed E-state index contributed by atoms with van der Waals surface area (Å²) in [6, 6.07) is 0. The summed E-state index contributed by atoms with van der Waals surface area (Å²) in [5.41, 5.74) is 0.0134. The predicted octanol–water partition coefficient (Wildman–Crippen LogP) is 1.61. The van der Waals surface area contributed by atoms with Crippen molar-refractivity contribution in [3.63, 3.8) is 0 Å². The van der Waals surface area contributed by atoms with Crippen LogP contribution in [0.3, 0.4) is 0 Å². The van der Waals surface area contributed by atoms with Gasteiger partial charge in [-0.25, -0.2) is 0 Å². The Morgan fingerprint density at radius 3 is 2.50 bits per heavy atom. The molecule has 0 saturated heterocycles. The molecule has 88 valence electrons. The Morgan fingerprint density at radius 1 is 1.44 bits per heavy atom. The molecule has 0 atom stereocenters. The molecule has 1 heterocycles. The lowest BCUT2D eigenvalue weighted by Gasteiger charge is -2.02. The fourth-order valence-corrected chi connectivity index (χ4v) is 1.03. The molecule has 0 unspecified atom stereocenters. The van der Waals surface area contributed by atoms with Gasteiger partial charge in [0.05, 0.1) is 18.2 Å². The SMILES string of the molecule is CCn1cc(C(=O)CC(=O)C(F)(F)F)cn1. The van der Waals surface area contributed by atoms with Crippen LogP contribution in [0.15, 0.2) is 12.4 Å². The first kappa shape index (κ1) is 12.4. The van der Waals surface area contributed by atoms with Gasteiger partial charge in [0.1, 0.15) is 0 Å². The van der Waals surface area contributed by atoms with E-state index in [0.717, 1.165) is 6.20 Å². The van der Waals surface area contributed by atoms with Crippen LogP contribution >= 0.6 is 0 Å². The number of ketones is 2. The molecular weight excluding hydrogens is 225 g/mol. The maximum atomic E-state index is 11.9. The molecular formula is C9H9F3N2O2. The molecule has 1 rings (SSSR count). The summed E-state index contributed by atoms with van der Waals surface area (Å²) in [5, 5.41) is 3.73. The molecule has 0 saturated carbocycles. The quantitative estimate of drug-likeness (QED) is 0.587. The summed E-state index contributed by atoms with van der Waals surface area (Å²) >= 11 is 0. The first-order valence-electron chi connectivity index (χ1n) is 4.50. The van der Waals surface area contributed by atoms with Crippen LogP contribution in [0.1, 0.15) is 23.7 Å². The third-order valence-corrected chi connectivity index (χ3v) is 1.92. The average molecular weight is 234 g/mol. The average Bonchev–Trinajstić information content (AvgIpc) is 2.64. The van der Waals surface area contributed by atoms with Crippen LogP contribution in [0.5, 0.6) is 0 Å². The molecule has 1 aromatic rings. The molecule has 0 aliphatic carbocycles. The van der Waals surface area contributed by atoms with Crippen molar-refractivity contribution in [3.05, 3.63) is 18.0 Å². The van der Waals surface area contributed by atoms with Crippen molar-refractivity contribution in [2.45, 2.75) is 26.1 Å². The second-order valence-electron chi connectivity index (χ2n) is 3.11. The van der Waals surface area contributed by atoms with E-state index < -0.39 is 24.2 Å². The normalized spacial score (nSPS) is 11.5. The lowest BCUT2D eigenvalue weighted by atomic mass is 10.1. The number of aromatic nitrogens is 2. The zero-order valence-electron chi connectivity index (χ0n) is 8.41. The van der Waals surface area contributed by atoms with E-state index in [2.05, 4.69) is 5.10 Å². The van der Waals surface area contributed by atoms with E-state index in [9.17, 15) is 22.8 Å². The van der Waals surface area contributed by atoms with Gasteiger partial charge in [0, 0.05) is 12.7 Å². The molecule has 0 aromatic carbocycles. The van der Waals surface area contributed by atoms with Crippen molar-refractivity contribution in [1.82, 2.24) is 9.78 Å². The van der Waals surface area contributed by atoms with Gasteiger partial charge in [-0.15, -0.1) is 0 Å². The van der Waals surface area contributed by atoms with Crippen LogP contribution in [0, 0.1) is 0 Å². The van der Waals surface area contributed by atoms with E-state index in [4.69, 9.17) is 0 Å². The molecule has 0 fully saturated rings. The van der Waals surface area contributed by atoms with E-state index in [0.29, 0.717) is 6.54 Å². The van der Waals surface area contributed by atoms with Crippen LogP contribution in [-0.4, -0.2) is 27.5 Å². The lowest BCUT2D eigenvalue weighted by molar-refractivity contribution is -0.170. The van der Waals surface area contributed by atoms with E-state index in [1.807, 2.05) is 0 Å². The smallest absolute Gasteiger partial charge is 0.294 e. The maximum absolute atomic E-state index is 11.9. The minimum atomic E-state index is -4.96. The maximum Gasteiger partial charge on any atom is 0.450 e. The molecule has 0 bridgehead atoms. The van der Waals surface area contributed by atoms with Gasteiger partial charge in [-0.1, -0.05) is 0 Å². The number of hydrogen-bond donors (Lipinski definition) is 0. The number of Topliss-reactive ketones (excluding diaryl/α,β-unsaturated/α-hetero) is 2. The van der Waals surface area contributed by atoms with Crippen LogP contribution in [0.25, 0.3) is 0 Å². The number of halogens is 3. The Morgan fingerprint density at radius 2 is 2.06 bits per heavy atom. The fourth-order valence-electron chi connectivity index (χ4n) is 1.03. The Hall–Kier alpha value is -1.66. The summed E-state index contributed by atoms with van der Waals surface area (Å²) in [6.07, 6.45) is -3.67. The van der Waals surface area contributed by atoms with Crippen molar-refractivity contribution >= 4 is 11.6 Å². The molecule has 0 radical (unpaired) electrons. The number of carbonyl (C=O) groups is 2. The number of carbonyl (C=O) groups excluding carboxylic acids is 2. The number of hydrogen-bond acceptors (Lipinski definition) is 3. The van der Waals surface area contributed by atoms with Gasteiger partial charge < -0.3 is 0 Å². The van der Waals surface area contributed by atoms with E-state index in [1.165, 1.54) is 10.9 Å². The standard InChI is InChI=1S/C9H9F3N2O2/c1-2-14-5-6(4-13-14)7(15)3-8(16)9(10,11)12/h4-5H,2-3H2,1H3. The third kappa shape index (κ3) is 2.91. The highest BCUT2D eigenvalue weighted by molar-refractivity contribution is 6.09. The summed E-state index contributed by atoms with van der Waals surface area (Å²) in [7, 11) is 0. The van der Waals surface area contributed by atoms with Gasteiger partial charge >= 0.3 is 6.18 Å². The minimum absolute atomic E-state index is 0.0134. The zero-order chi connectivity index (χ0) is 12.3. The van der Waals surface area contributed by atoms with Crippen molar-refractivity contribution in [3.8, 4) is 0 Å². The highest BCUT2D eigenvalue weighted by atomic mass is 19.4. The summed E-state index contributed by atoms with van der Waals surface area (Å²) < 4.78 is 37.0. The van der Waals surface area contributed by atoms with Crippen molar-refractivity contribution in [2.75, 3.05) is 0 Å². The first-order chi connectivity index (χ1) is 7.34. The monoisotopic (exact) mass is 234 g/mol. The topological polar surface area (TPSA) is 52.0 Å². The summed E-state index contributed by atoms with van der Waals surface area (Å²) in [6.45, 7) is 2.27. The van der Waals surface area contributed by atoms with Crippen LogP contribution in [-0.2, 0) is 11.3 Å². The minimum Gasteiger partial charge on any atom is -0.294 e. The van der Waals surface area contributed by atoms with Crippen molar-refractivity contribution in [2.24, 2.45) is 0 Å². The largest absolute Gasteiger partial charge is 0.450 e. The highest BCUT2D eigenvalue weighted by Crippen LogP contribution is 2.19. The second kappa shape index (κ2) is 4.46. The number of rotatable bonds is 4. The Labute approximate surface area is 89.0 Å². The highest BCUT2D eigenvalue weighted by Gasteiger charge is 2.39. The Balaban J connectivity index is 2.69. The molecule has 16 heavy (non-hydrogen) atoms. The summed E-state index contributed by atoms with van der Waals surface area (Å²) in [4.78, 5) is 21.8. The lowest BCUT2D eigenvalue weighted by Crippen LogP contribution is -2.25. The van der Waals surface area contributed by atoms with E-state index >= 15 is 0 Å². The fraction of sp³-hybridized carbons (Fsp3) is 0.444. The molecule has 0 N–H and O–H groups in total. The van der Waals surface area contributed by atoms with Gasteiger partial charge in [-0.05, 0) is 6.92 Å². The molecule has 0 amide bonds. The third-order valence-electron chi connectivity index (χ3n) is 1.92. The molecule has 0 aliphatic rings. The Bertz CT molecular complexity index is 409. The van der Waals surface area contributed by atoms with Crippen LogP contribution < -0.4 is 0 Å². The first-order valence-corrected chi connectivity index (χ1v) is 4.50. The number of alkyl halides is 3. The van der Waals surface area contributed by atoms with Crippen molar-refractivity contribution < 1.29 is 22.8 Å². The van der Waals surface area contributed by atoms with Gasteiger partial charge in [-0.2, -0.15) is 18.3 Å². The predicted molar refractivity (Wildman–Crippen MR) is 47.9 cm³/mol. The molecule has 4 nitrogen and oxygen atoms in total. The van der Waals surface area contributed by atoms with E-state index in [-0.39, 0.29) is 5.56 Å². The van der Waals surface area contributed by atoms with E-state index in [1.54, 1.807) is 6.92 Å². The van der Waals surface area contributed by atoms with Crippen molar-refractivity contribution in [1.29, 1.82) is 0 Å². The van der Waals surface area contributed by atoms with Gasteiger partial charge in [-0.3, -0.25) is 14.3 Å². The Kier molecular flexibility index (Phi) is 3.46. The molecule has 0 spiro atoms.